The first kappa shape index (κ1) is 17.0. The number of nitrogens with zero attached hydrogens (tertiary/aromatic N) is 1. The Morgan fingerprint density at radius 1 is 1.43 bits per heavy atom. The fourth-order valence-electron chi connectivity index (χ4n) is 3.74. The number of likely N-dealkylation sites (N-methyl/N-ethyl adjacent to an activating group) is 1. The minimum Gasteiger partial charge on any atom is -0.317 e. The maximum Gasteiger partial charge on any atom is 0.0112 e. The van der Waals surface area contributed by atoms with Crippen LogP contribution in [0.4, 0.5) is 0 Å². The predicted molar refractivity (Wildman–Crippen MR) is 94.1 cm³/mol. The average molecular weight is 309 g/mol. The molecule has 4 unspecified atom stereocenters. The van der Waals surface area contributed by atoms with Crippen LogP contribution in [0.15, 0.2) is 17.5 Å². The minimum absolute atomic E-state index is 0.628. The molecule has 1 aliphatic rings. The molecule has 0 spiro atoms. The summed E-state index contributed by atoms with van der Waals surface area (Å²) in [5.41, 5.74) is 0. The third-order valence-corrected chi connectivity index (χ3v) is 6.29. The molecular formula is C18H32N2S. The smallest absolute Gasteiger partial charge is 0.0112 e. The van der Waals surface area contributed by atoms with Crippen LogP contribution in [0.5, 0.6) is 0 Å². The maximum atomic E-state index is 3.56. The van der Waals surface area contributed by atoms with Crippen LogP contribution in [-0.2, 0) is 6.42 Å². The molecule has 1 fully saturated rings. The second-order valence-electron chi connectivity index (χ2n) is 6.81. The van der Waals surface area contributed by atoms with Crippen molar-refractivity contribution in [1.29, 1.82) is 0 Å². The van der Waals surface area contributed by atoms with E-state index >= 15 is 0 Å². The van der Waals surface area contributed by atoms with E-state index in [0.29, 0.717) is 12.1 Å². The highest BCUT2D eigenvalue weighted by atomic mass is 32.1. The van der Waals surface area contributed by atoms with Crippen LogP contribution < -0.4 is 5.32 Å². The van der Waals surface area contributed by atoms with E-state index in [9.17, 15) is 0 Å². The average Bonchev–Trinajstić information content (AvgIpc) is 2.99. The van der Waals surface area contributed by atoms with Gasteiger partial charge >= 0.3 is 0 Å². The van der Waals surface area contributed by atoms with Crippen molar-refractivity contribution in [2.45, 2.75) is 58.0 Å². The second kappa shape index (κ2) is 8.30. The van der Waals surface area contributed by atoms with Crippen molar-refractivity contribution < 1.29 is 0 Å². The third kappa shape index (κ3) is 4.80. The van der Waals surface area contributed by atoms with Crippen molar-refractivity contribution in [2.75, 3.05) is 20.6 Å². The van der Waals surface area contributed by atoms with Crippen molar-refractivity contribution in [3.05, 3.63) is 22.4 Å². The van der Waals surface area contributed by atoms with Crippen LogP contribution >= 0.6 is 11.3 Å². The van der Waals surface area contributed by atoms with Crippen LogP contribution in [0.3, 0.4) is 0 Å². The zero-order chi connectivity index (χ0) is 15.2. The van der Waals surface area contributed by atoms with Crippen molar-refractivity contribution in [2.24, 2.45) is 11.8 Å². The Hall–Kier alpha value is -0.380. The topological polar surface area (TPSA) is 15.3 Å². The van der Waals surface area contributed by atoms with Crippen LogP contribution in [0.2, 0.25) is 0 Å². The Morgan fingerprint density at radius 2 is 2.24 bits per heavy atom. The summed E-state index contributed by atoms with van der Waals surface area (Å²) in [4.78, 5) is 4.09. The van der Waals surface area contributed by atoms with Gasteiger partial charge in [-0.25, -0.2) is 0 Å². The van der Waals surface area contributed by atoms with Gasteiger partial charge in [-0.2, -0.15) is 0 Å². The molecule has 0 aliphatic heterocycles. The van der Waals surface area contributed by atoms with Gasteiger partial charge < -0.3 is 10.2 Å². The Labute approximate surface area is 134 Å². The predicted octanol–water partition coefficient (Wildman–Crippen LogP) is 4.03. The first-order chi connectivity index (χ1) is 10.1. The second-order valence-corrected chi connectivity index (χ2v) is 7.85. The van der Waals surface area contributed by atoms with Gasteiger partial charge in [0.25, 0.3) is 0 Å². The van der Waals surface area contributed by atoms with Gasteiger partial charge in [-0.1, -0.05) is 19.4 Å². The van der Waals surface area contributed by atoms with Gasteiger partial charge in [-0.15, -0.1) is 11.3 Å². The molecule has 1 saturated carbocycles. The van der Waals surface area contributed by atoms with Crippen molar-refractivity contribution in [3.8, 4) is 0 Å². The standard InChI is InChI=1S/C18H32N2S/c1-5-15-8-9-18(19-3)16(12-15)13-20(4)14(2)11-17-7-6-10-21-17/h6-7,10,14-16,18-19H,5,8-9,11-13H2,1-4H3. The van der Waals surface area contributed by atoms with Crippen molar-refractivity contribution in [1.82, 2.24) is 10.2 Å². The molecule has 0 saturated heterocycles. The van der Waals surface area contributed by atoms with Gasteiger partial charge in [0.2, 0.25) is 0 Å². The number of nitrogens with one attached hydrogen (secondary N) is 1. The Bertz CT molecular complexity index is 390. The molecule has 4 atom stereocenters. The summed E-state index contributed by atoms with van der Waals surface area (Å²) in [6, 6.07) is 5.77. The normalized spacial score (nSPS) is 28.0. The molecule has 0 aromatic carbocycles. The summed E-state index contributed by atoms with van der Waals surface area (Å²) in [6.07, 6.45) is 6.70. The molecule has 0 amide bonds. The Kier molecular flexibility index (Phi) is 6.72. The van der Waals surface area contributed by atoms with Crippen LogP contribution in [0.25, 0.3) is 0 Å². The first-order valence-electron chi connectivity index (χ1n) is 8.53. The highest BCUT2D eigenvalue weighted by molar-refractivity contribution is 7.09. The van der Waals surface area contributed by atoms with Gasteiger partial charge in [0, 0.05) is 23.5 Å². The first-order valence-corrected chi connectivity index (χ1v) is 9.41. The zero-order valence-electron chi connectivity index (χ0n) is 14.1. The van der Waals surface area contributed by atoms with E-state index in [2.05, 4.69) is 55.7 Å². The largest absolute Gasteiger partial charge is 0.317 e. The highest BCUT2D eigenvalue weighted by Crippen LogP contribution is 2.32. The number of thiophene rings is 1. The summed E-state index contributed by atoms with van der Waals surface area (Å²) in [6.45, 7) is 5.95. The van der Waals surface area contributed by atoms with Gasteiger partial charge in [0.15, 0.2) is 0 Å². The van der Waals surface area contributed by atoms with E-state index in [1.807, 2.05) is 11.3 Å². The lowest BCUT2D eigenvalue weighted by molar-refractivity contribution is 0.136. The lowest BCUT2D eigenvalue weighted by atomic mass is 9.76. The fourth-order valence-corrected chi connectivity index (χ4v) is 4.57. The lowest BCUT2D eigenvalue weighted by Gasteiger charge is -2.39. The molecule has 21 heavy (non-hydrogen) atoms. The molecule has 120 valence electrons. The van der Waals surface area contributed by atoms with Crippen molar-refractivity contribution in [3.63, 3.8) is 0 Å². The molecule has 1 aromatic rings. The van der Waals surface area contributed by atoms with Crippen LogP contribution in [0.1, 0.15) is 44.4 Å². The fraction of sp³-hybridized carbons (Fsp3) is 0.778. The molecule has 1 N–H and O–H groups in total. The van der Waals surface area contributed by atoms with E-state index in [1.165, 1.54) is 43.5 Å². The quantitative estimate of drug-likeness (QED) is 0.818. The molecule has 2 nitrogen and oxygen atoms in total. The molecule has 3 heteroatoms. The SMILES string of the molecule is CCC1CCC(NC)C(CN(C)C(C)Cc2cccs2)C1. The highest BCUT2D eigenvalue weighted by Gasteiger charge is 2.30. The monoisotopic (exact) mass is 308 g/mol. The number of rotatable bonds is 7. The van der Waals surface area contributed by atoms with E-state index in [4.69, 9.17) is 0 Å². The third-order valence-electron chi connectivity index (χ3n) is 5.39. The van der Waals surface area contributed by atoms with E-state index in [-0.39, 0.29) is 0 Å². The van der Waals surface area contributed by atoms with Crippen LogP contribution in [-0.4, -0.2) is 37.6 Å². The number of hydrogen-bond acceptors (Lipinski definition) is 3. The maximum absolute atomic E-state index is 3.56. The Balaban J connectivity index is 1.88. The van der Waals surface area contributed by atoms with Gasteiger partial charge in [0.05, 0.1) is 0 Å². The molecule has 0 bridgehead atoms. The summed E-state index contributed by atoms with van der Waals surface area (Å²) in [5, 5.41) is 5.75. The van der Waals surface area contributed by atoms with Crippen molar-refractivity contribution >= 4 is 11.3 Å². The summed E-state index contributed by atoms with van der Waals surface area (Å²) < 4.78 is 0. The van der Waals surface area contributed by atoms with Gasteiger partial charge in [-0.3, -0.25) is 0 Å². The van der Waals surface area contributed by atoms with E-state index < -0.39 is 0 Å². The summed E-state index contributed by atoms with van der Waals surface area (Å²) in [7, 11) is 4.44. The molecule has 1 aliphatic carbocycles. The van der Waals surface area contributed by atoms with E-state index in [1.54, 1.807) is 0 Å². The van der Waals surface area contributed by atoms with Gasteiger partial charge in [-0.05, 0) is 70.0 Å². The van der Waals surface area contributed by atoms with E-state index in [0.717, 1.165) is 11.8 Å². The molecule has 1 heterocycles. The Morgan fingerprint density at radius 3 is 2.86 bits per heavy atom. The summed E-state index contributed by atoms with van der Waals surface area (Å²) in [5.74, 6) is 1.75. The summed E-state index contributed by atoms with van der Waals surface area (Å²) >= 11 is 1.88. The minimum atomic E-state index is 0.628. The number of hydrogen-bond donors (Lipinski definition) is 1. The lowest BCUT2D eigenvalue weighted by Crippen LogP contribution is -2.45. The zero-order valence-corrected chi connectivity index (χ0v) is 15.0. The molecule has 0 radical (unpaired) electrons. The molecule has 1 aromatic heterocycles. The molecular weight excluding hydrogens is 276 g/mol. The van der Waals surface area contributed by atoms with Gasteiger partial charge in [0.1, 0.15) is 0 Å². The van der Waals surface area contributed by atoms with Crippen LogP contribution in [0, 0.1) is 11.8 Å². The molecule has 2 rings (SSSR count).